The van der Waals surface area contributed by atoms with Crippen LogP contribution in [0.4, 0.5) is 0 Å². The largest absolute Gasteiger partial charge is 0.357 e. The molecule has 1 atom stereocenters. The van der Waals surface area contributed by atoms with Gasteiger partial charge in [0.2, 0.25) is 0 Å². The molecule has 8 heteroatoms. The lowest BCUT2D eigenvalue weighted by atomic mass is 10.1. The zero-order valence-electron chi connectivity index (χ0n) is 16.9. The Balaban J connectivity index is 0.00000364. The topological polar surface area (TPSA) is 52.6 Å². The summed E-state index contributed by atoms with van der Waals surface area (Å²) < 4.78 is 0. The van der Waals surface area contributed by atoms with Gasteiger partial charge in [-0.15, -0.1) is 35.3 Å². The van der Waals surface area contributed by atoms with E-state index < -0.39 is 0 Å². The first kappa shape index (κ1) is 24.3. The number of thiophene rings is 1. The third kappa shape index (κ3) is 7.32. The van der Waals surface area contributed by atoms with E-state index in [9.17, 15) is 0 Å². The maximum atomic E-state index is 4.77. The van der Waals surface area contributed by atoms with Gasteiger partial charge < -0.3 is 10.6 Å². The van der Waals surface area contributed by atoms with E-state index in [1.807, 2.05) is 6.92 Å². The van der Waals surface area contributed by atoms with Crippen LogP contribution in [-0.2, 0) is 6.54 Å². The van der Waals surface area contributed by atoms with Crippen molar-refractivity contribution >= 4 is 52.6 Å². The Bertz CT molecular complexity index is 680. The third-order valence-electron chi connectivity index (χ3n) is 4.37. The molecule has 0 aliphatic rings. The second-order valence-electron chi connectivity index (χ2n) is 6.11. The summed E-state index contributed by atoms with van der Waals surface area (Å²) in [5.74, 6) is 0.866. The molecule has 0 amide bonds. The zero-order chi connectivity index (χ0) is 18.9. The molecule has 5 nitrogen and oxygen atoms in total. The minimum absolute atomic E-state index is 0. The van der Waals surface area contributed by atoms with Crippen molar-refractivity contribution in [3.05, 3.63) is 38.0 Å². The first-order valence-corrected chi connectivity index (χ1v) is 11.1. The highest BCUT2D eigenvalue weighted by Crippen LogP contribution is 2.22. The number of guanidine groups is 1. The van der Waals surface area contributed by atoms with Gasteiger partial charge in [-0.3, -0.25) is 4.90 Å². The summed E-state index contributed by atoms with van der Waals surface area (Å²) in [5.41, 5.74) is 2.46. The molecule has 0 spiro atoms. The lowest BCUT2D eigenvalue weighted by Crippen LogP contribution is -2.43. The second-order valence-corrected chi connectivity index (χ2v) is 8.18. The van der Waals surface area contributed by atoms with Crippen LogP contribution in [0.1, 0.15) is 48.0 Å². The predicted octanol–water partition coefficient (Wildman–Crippen LogP) is 4.58. The molecule has 0 aliphatic carbocycles. The van der Waals surface area contributed by atoms with Crippen molar-refractivity contribution in [1.29, 1.82) is 0 Å². The van der Waals surface area contributed by atoms with Crippen LogP contribution in [0.2, 0.25) is 0 Å². The minimum Gasteiger partial charge on any atom is -0.357 e. The van der Waals surface area contributed by atoms with Gasteiger partial charge in [0.15, 0.2) is 5.96 Å². The molecule has 1 unspecified atom stereocenters. The van der Waals surface area contributed by atoms with Crippen molar-refractivity contribution in [1.82, 2.24) is 20.5 Å². The van der Waals surface area contributed by atoms with E-state index in [0.29, 0.717) is 12.6 Å². The number of hydrogen-bond donors (Lipinski definition) is 2. The van der Waals surface area contributed by atoms with Gasteiger partial charge in [0.05, 0.1) is 23.3 Å². The molecule has 0 bridgehead atoms. The van der Waals surface area contributed by atoms with Gasteiger partial charge in [-0.25, -0.2) is 9.98 Å². The van der Waals surface area contributed by atoms with Gasteiger partial charge in [0.1, 0.15) is 0 Å². The van der Waals surface area contributed by atoms with Crippen LogP contribution >= 0.6 is 46.7 Å². The normalized spacial score (nSPS) is 12.7. The summed E-state index contributed by atoms with van der Waals surface area (Å²) in [7, 11) is 0. The number of rotatable bonds is 9. The highest BCUT2D eigenvalue weighted by Gasteiger charge is 2.18. The van der Waals surface area contributed by atoms with E-state index in [2.05, 4.69) is 65.0 Å². The van der Waals surface area contributed by atoms with Crippen molar-refractivity contribution in [2.75, 3.05) is 26.2 Å². The molecule has 2 N–H and O–H groups in total. The number of nitrogens with zero attached hydrogens (tertiary/aromatic N) is 3. The molecule has 0 saturated carbocycles. The number of nitrogens with one attached hydrogen (secondary N) is 2. The number of hydrogen-bond acceptors (Lipinski definition) is 5. The Morgan fingerprint density at radius 1 is 1.22 bits per heavy atom. The van der Waals surface area contributed by atoms with Crippen LogP contribution in [0.5, 0.6) is 0 Å². The Morgan fingerprint density at radius 2 is 1.96 bits per heavy atom. The highest BCUT2D eigenvalue weighted by atomic mass is 127. The molecule has 2 aromatic heterocycles. The van der Waals surface area contributed by atoms with Crippen LogP contribution in [-0.4, -0.2) is 42.0 Å². The van der Waals surface area contributed by atoms with E-state index in [-0.39, 0.29) is 24.0 Å². The molecular weight excluding hydrogens is 489 g/mol. The van der Waals surface area contributed by atoms with Crippen molar-refractivity contribution in [3.8, 4) is 0 Å². The van der Waals surface area contributed by atoms with Crippen molar-refractivity contribution in [2.45, 2.75) is 47.2 Å². The molecular formula is C19H32IN5S2. The summed E-state index contributed by atoms with van der Waals surface area (Å²) in [4.78, 5) is 13.0. The summed E-state index contributed by atoms with van der Waals surface area (Å²) >= 11 is 3.48. The van der Waals surface area contributed by atoms with E-state index in [4.69, 9.17) is 4.99 Å². The van der Waals surface area contributed by atoms with Crippen LogP contribution in [0.25, 0.3) is 0 Å². The zero-order valence-corrected chi connectivity index (χ0v) is 20.9. The second kappa shape index (κ2) is 12.7. The summed E-state index contributed by atoms with van der Waals surface area (Å²) in [6.07, 6.45) is 0. The van der Waals surface area contributed by atoms with Gasteiger partial charge in [0.25, 0.3) is 0 Å². The number of likely N-dealkylation sites (N-methyl/N-ethyl adjacent to an activating group) is 1. The average molecular weight is 522 g/mol. The molecule has 2 rings (SSSR count). The highest BCUT2D eigenvalue weighted by molar-refractivity contribution is 14.0. The van der Waals surface area contributed by atoms with Crippen molar-refractivity contribution in [2.24, 2.45) is 4.99 Å². The molecule has 27 heavy (non-hydrogen) atoms. The number of aromatic nitrogens is 1. The van der Waals surface area contributed by atoms with Crippen molar-refractivity contribution in [3.63, 3.8) is 0 Å². The maximum Gasteiger partial charge on any atom is 0.191 e. The third-order valence-corrected chi connectivity index (χ3v) is 6.13. The van der Waals surface area contributed by atoms with Gasteiger partial charge >= 0.3 is 0 Å². The number of aliphatic imine (C=N–C) groups is 1. The quantitative estimate of drug-likeness (QED) is 0.288. The fourth-order valence-corrected chi connectivity index (χ4v) is 4.56. The summed E-state index contributed by atoms with van der Waals surface area (Å²) in [6.45, 7) is 15.1. The first-order valence-electron chi connectivity index (χ1n) is 9.30. The fraction of sp³-hybridized carbons (Fsp3) is 0.579. The monoisotopic (exact) mass is 521 g/mol. The van der Waals surface area contributed by atoms with Crippen LogP contribution < -0.4 is 10.6 Å². The van der Waals surface area contributed by atoms with Gasteiger partial charge in [-0.1, -0.05) is 13.8 Å². The number of aryl methyl sites for hydroxylation is 2. The molecule has 0 aromatic carbocycles. The Labute approximate surface area is 188 Å². The Morgan fingerprint density at radius 3 is 2.48 bits per heavy atom. The van der Waals surface area contributed by atoms with E-state index in [1.54, 1.807) is 22.7 Å². The van der Waals surface area contributed by atoms with Gasteiger partial charge in [0, 0.05) is 18.0 Å². The van der Waals surface area contributed by atoms with Gasteiger partial charge in [-0.2, -0.15) is 11.3 Å². The predicted molar refractivity (Wildman–Crippen MR) is 130 cm³/mol. The standard InChI is InChI=1S/C19H31N5S2.HI/c1-6-20-19(22-12-18-14(4)23-15(5)26-18)21-11-17(24(7-2)8-3)16-9-10-25-13-16;/h9-10,13,17H,6-8,11-12H2,1-5H3,(H2,20,21,22);1H. The minimum atomic E-state index is 0. The summed E-state index contributed by atoms with van der Waals surface area (Å²) in [5, 5.41) is 12.4. The van der Waals surface area contributed by atoms with Crippen molar-refractivity contribution < 1.29 is 0 Å². The SMILES string of the molecule is CCNC(=NCc1sc(C)nc1C)NCC(c1ccsc1)N(CC)CC.I. The lowest BCUT2D eigenvalue weighted by Gasteiger charge is -2.30. The summed E-state index contributed by atoms with van der Waals surface area (Å²) in [6, 6.07) is 2.58. The maximum absolute atomic E-state index is 4.77. The van der Waals surface area contributed by atoms with E-state index >= 15 is 0 Å². The lowest BCUT2D eigenvalue weighted by molar-refractivity contribution is 0.219. The van der Waals surface area contributed by atoms with E-state index in [0.717, 1.165) is 42.8 Å². The first-order chi connectivity index (χ1) is 12.6. The molecule has 0 fully saturated rings. The molecule has 0 aliphatic heterocycles. The van der Waals surface area contributed by atoms with Gasteiger partial charge in [-0.05, 0) is 56.3 Å². The number of thiazole rings is 1. The average Bonchev–Trinajstić information content (AvgIpc) is 3.25. The molecule has 0 radical (unpaired) electrons. The Hall–Kier alpha value is -0.710. The van der Waals surface area contributed by atoms with Crippen LogP contribution in [0, 0.1) is 13.8 Å². The smallest absolute Gasteiger partial charge is 0.191 e. The fourth-order valence-electron chi connectivity index (χ4n) is 2.99. The van der Waals surface area contributed by atoms with E-state index in [1.165, 1.54) is 10.4 Å². The molecule has 2 aromatic rings. The van der Waals surface area contributed by atoms with Crippen LogP contribution in [0.15, 0.2) is 21.8 Å². The molecule has 0 saturated heterocycles. The Kier molecular flexibility index (Phi) is 11.4. The molecule has 2 heterocycles. The number of halogens is 1. The molecule has 152 valence electrons. The van der Waals surface area contributed by atoms with Crippen LogP contribution in [0.3, 0.4) is 0 Å².